The molecule has 0 aliphatic carbocycles. The minimum Gasteiger partial charge on any atom is -0.330 e. The van der Waals surface area contributed by atoms with Gasteiger partial charge in [0.2, 0.25) is 0 Å². The normalized spacial score (nSPS) is 9.00. The molecule has 2 heteroatoms. The first-order valence-corrected chi connectivity index (χ1v) is 3.75. The van der Waals surface area contributed by atoms with E-state index >= 15 is 0 Å². The number of unbranched alkanes of at least 4 members (excludes halogenated alkanes) is 2. The van der Waals surface area contributed by atoms with Gasteiger partial charge in [0.05, 0.1) is 0 Å². The van der Waals surface area contributed by atoms with Crippen LogP contribution in [0, 0.1) is 6.92 Å². The maximum Gasteiger partial charge on any atom is -0.00773 e. The molecule has 2 nitrogen and oxygen atoms in total. The molecular formula is C8H21N2. The van der Waals surface area contributed by atoms with Crippen LogP contribution in [0.2, 0.25) is 0 Å². The van der Waals surface area contributed by atoms with Gasteiger partial charge in [-0.25, -0.2) is 0 Å². The SMILES string of the molecule is CN(C)C.[CH2]CCCCN. The van der Waals surface area contributed by atoms with Crippen LogP contribution in [0.25, 0.3) is 0 Å². The Hall–Kier alpha value is -0.0800. The Morgan fingerprint density at radius 2 is 1.60 bits per heavy atom. The van der Waals surface area contributed by atoms with Gasteiger partial charge in [-0.1, -0.05) is 19.8 Å². The molecule has 0 heterocycles. The van der Waals surface area contributed by atoms with Gasteiger partial charge in [0.25, 0.3) is 0 Å². The lowest BCUT2D eigenvalue weighted by molar-refractivity contribution is 0.505. The third-order valence-corrected chi connectivity index (χ3v) is 0.704. The van der Waals surface area contributed by atoms with Crippen LogP contribution in [0.3, 0.4) is 0 Å². The molecule has 0 spiro atoms. The molecule has 0 aliphatic heterocycles. The fourth-order valence-electron chi connectivity index (χ4n) is 0.321. The quantitative estimate of drug-likeness (QED) is 0.603. The van der Waals surface area contributed by atoms with Crippen LogP contribution in [-0.2, 0) is 0 Å². The lowest BCUT2D eigenvalue weighted by atomic mass is 10.3. The minimum absolute atomic E-state index is 0.815. The van der Waals surface area contributed by atoms with Crippen molar-refractivity contribution in [2.24, 2.45) is 5.73 Å². The van der Waals surface area contributed by atoms with Gasteiger partial charge in [0.15, 0.2) is 0 Å². The van der Waals surface area contributed by atoms with Crippen molar-refractivity contribution in [1.82, 2.24) is 4.90 Å². The molecule has 10 heavy (non-hydrogen) atoms. The van der Waals surface area contributed by atoms with Crippen LogP contribution in [0.4, 0.5) is 0 Å². The molecule has 63 valence electrons. The van der Waals surface area contributed by atoms with E-state index in [-0.39, 0.29) is 0 Å². The topological polar surface area (TPSA) is 29.3 Å². The summed E-state index contributed by atoms with van der Waals surface area (Å²) in [7, 11) is 6.00. The summed E-state index contributed by atoms with van der Waals surface area (Å²) in [5.41, 5.74) is 5.19. The van der Waals surface area contributed by atoms with Gasteiger partial charge in [-0.05, 0) is 34.1 Å². The Balaban J connectivity index is 0. The van der Waals surface area contributed by atoms with Crippen molar-refractivity contribution in [2.45, 2.75) is 19.3 Å². The van der Waals surface area contributed by atoms with Crippen molar-refractivity contribution in [2.75, 3.05) is 27.7 Å². The van der Waals surface area contributed by atoms with Gasteiger partial charge in [0, 0.05) is 0 Å². The average molecular weight is 145 g/mol. The Bertz CT molecular complexity index is 37.8. The Morgan fingerprint density at radius 3 is 1.70 bits per heavy atom. The second kappa shape index (κ2) is 11.7. The fraction of sp³-hybridized carbons (Fsp3) is 0.875. The van der Waals surface area contributed by atoms with Gasteiger partial charge < -0.3 is 10.6 Å². The highest BCUT2D eigenvalue weighted by molar-refractivity contribution is 4.41. The van der Waals surface area contributed by atoms with E-state index in [4.69, 9.17) is 5.73 Å². The van der Waals surface area contributed by atoms with E-state index in [1.165, 1.54) is 6.42 Å². The van der Waals surface area contributed by atoms with E-state index < -0.39 is 0 Å². The summed E-state index contributed by atoms with van der Waals surface area (Å²) in [6.45, 7) is 4.48. The molecule has 0 fully saturated rings. The van der Waals surface area contributed by atoms with Gasteiger partial charge in [0.1, 0.15) is 0 Å². The zero-order chi connectivity index (χ0) is 8.41. The standard InChI is InChI=1S/C5H12N.C3H9N/c1-2-3-4-5-6;1-4(2)3/h1-6H2;1-3H3. The zero-order valence-electron chi connectivity index (χ0n) is 7.56. The van der Waals surface area contributed by atoms with Crippen LogP contribution in [0.15, 0.2) is 0 Å². The monoisotopic (exact) mass is 145 g/mol. The van der Waals surface area contributed by atoms with Crippen molar-refractivity contribution in [3.63, 3.8) is 0 Å². The van der Waals surface area contributed by atoms with Crippen LogP contribution in [0.1, 0.15) is 19.3 Å². The molecule has 0 aromatic carbocycles. The average Bonchev–Trinajstić information content (AvgIpc) is 1.82. The number of nitrogens with two attached hydrogens (primary N) is 1. The van der Waals surface area contributed by atoms with Crippen LogP contribution >= 0.6 is 0 Å². The van der Waals surface area contributed by atoms with Crippen molar-refractivity contribution in [3.8, 4) is 0 Å². The predicted molar refractivity (Wildman–Crippen MR) is 47.9 cm³/mol. The maximum absolute atomic E-state index is 5.19. The van der Waals surface area contributed by atoms with Crippen molar-refractivity contribution < 1.29 is 0 Å². The van der Waals surface area contributed by atoms with E-state index in [0.29, 0.717) is 0 Å². The molecule has 0 saturated carbocycles. The molecule has 0 aliphatic rings. The minimum atomic E-state index is 0.815. The second-order valence-corrected chi connectivity index (χ2v) is 2.69. The number of hydrogen-bond acceptors (Lipinski definition) is 2. The van der Waals surface area contributed by atoms with Gasteiger partial charge in [-0.2, -0.15) is 0 Å². The van der Waals surface area contributed by atoms with Crippen LogP contribution in [-0.4, -0.2) is 32.6 Å². The molecule has 0 bridgehead atoms. The number of nitrogens with zero attached hydrogens (tertiary/aromatic N) is 1. The highest BCUT2D eigenvalue weighted by Gasteiger charge is 1.75. The molecule has 2 N–H and O–H groups in total. The van der Waals surface area contributed by atoms with E-state index in [1.807, 2.05) is 26.0 Å². The summed E-state index contributed by atoms with van der Waals surface area (Å²) in [6.07, 6.45) is 3.33. The zero-order valence-corrected chi connectivity index (χ0v) is 7.56. The Labute approximate surface area is 65.4 Å². The number of hydrogen-bond donors (Lipinski definition) is 1. The van der Waals surface area contributed by atoms with E-state index in [0.717, 1.165) is 19.4 Å². The molecule has 0 amide bonds. The molecule has 0 rings (SSSR count). The first kappa shape index (κ1) is 12.6. The smallest absolute Gasteiger partial charge is 0.00773 e. The predicted octanol–water partition coefficient (Wildman–Crippen LogP) is 1.13. The van der Waals surface area contributed by atoms with Gasteiger partial charge in [-0.15, -0.1) is 0 Å². The molecule has 0 aromatic rings. The first-order chi connectivity index (χ1) is 4.65. The fourth-order valence-corrected chi connectivity index (χ4v) is 0.321. The van der Waals surface area contributed by atoms with Crippen LogP contribution < -0.4 is 5.73 Å². The number of rotatable bonds is 3. The third-order valence-electron chi connectivity index (χ3n) is 0.704. The Morgan fingerprint density at radius 1 is 1.20 bits per heavy atom. The van der Waals surface area contributed by atoms with E-state index in [2.05, 4.69) is 6.92 Å². The maximum atomic E-state index is 5.19. The molecule has 1 radical (unpaired) electrons. The highest BCUT2D eigenvalue weighted by atomic mass is 15.0. The molecular weight excluding hydrogens is 124 g/mol. The van der Waals surface area contributed by atoms with Gasteiger partial charge in [-0.3, -0.25) is 0 Å². The highest BCUT2D eigenvalue weighted by Crippen LogP contribution is 1.87. The Kier molecular flexibility index (Phi) is 14.7. The summed E-state index contributed by atoms with van der Waals surface area (Å²) >= 11 is 0. The van der Waals surface area contributed by atoms with Crippen molar-refractivity contribution >= 4 is 0 Å². The molecule has 0 atom stereocenters. The van der Waals surface area contributed by atoms with E-state index in [1.54, 1.807) is 0 Å². The molecule has 0 saturated heterocycles. The summed E-state index contributed by atoms with van der Waals surface area (Å²) in [6, 6.07) is 0. The second-order valence-electron chi connectivity index (χ2n) is 2.69. The summed E-state index contributed by atoms with van der Waals surface area (Å²) in [5, 5.41) is 0. The summed E-state index contributed by atoms with van der Waals surface area (Å²) in [4.78, 5) is 2.00. The molecule has 0 unspecified atom stereocenters. The van der Waals surface area contributed by atoms with E-state index in [9.17, 15) is 0 Å². The lowest BCUT2D eigenvalue weighted by Crippen LogP contribution is -1.99. The summed E-state index contributed by atoms with van der Waals surface area (Å²) in [5.74, 6) is 0. The van der Waals surface area contributed by atoms with Gasteiger partial charge >= 0.3 is 0 Å². The third kappa shape index (κ3) is 44.5. The molecule has 0 aromatic heterocycles. The largest absolute Gasteiger partial charge is 0.330 e. The van der Waals surface area contributed by atoms with Crippen molar-refractivity contribution in [3.05, 3.63) is 6.92 Å². The van der Waals surface area contributed by atoms with Crippen molar-refractivity contribution in [1.29, 1.82) is 0 Å². The van der Waals surface area contributed by atoms with Crippen LogP contribution in [0.5, 0.6) is 0 Å². The summed E-state index contributed by atoms with van der Waals surface area (Å²) < 4.78 is 0. The first-order valence-electron chi connectivity index (χ1n) is 3.75. The lowest BCUT2D eigenvalue weighted by Gasteiger charge is -1.90.